The summed E-state index contributed by atoms with van der Waals surface area (Å²) < 4.78 is 18.9. The number of carbonyl (C=O) groups is 1. The highest BCUT2D eigenvalue weighted by atomic mass is 32.1. The average molecular weight is 352 g/mol. The molecule has 2 atom stereocenters. The third-order valence-corrected chi connectivity index (χ3v) is 5.27. The summed E-state index contributed by atoms with van der Waals surface area (Å²) >= 11 is 1.59. The Labute approximate surface area is 144 Å². The highest BCUT2D eigenvalue weighted by Crippen LogP contribution is 2.26. The quantitative estimate of drug-likeness (QED) is 0.827. The summed E-state index contributed by atoms with van der Waals surface area (Å²) in [5, 5.41) is 3.76. The number of nitrogens with zero attached hydrogens (tertiary/aromatic N) is 4. The van der Waals surface area contributed by atoms with Gasteiger partial charge in [0.2, 0.25) is 0 Å². The highest BCUT2D eigenvalue weighted by molar-refractivity contribution is 7.09. The predicted molar refractivity (Wildman–Crippen MR) is 88.8 cm³/mol. The van der Waals surface area contributed by atoms with Crippen molar-refractivity contribution >= 4 is 17.2 Å². The van der Waals surface area contributed by atoms with E-state index < -0.39 is 6.17 Å². The minimum absolute atomic E-state index is 0.0107. The van der Waals surface area contributed by atoms with Crippen LogP contribution in [-0.2, 0) is 6.54 Å². The maximum Gasteiger partial charge on any atom is 0.275 e. The smallest absolute Gasteiger partial charge is 0.275 e. The normalized spacial score (nSPS) is 21.3. The Balaban J connectivity index is 1.65. The van der Waals surface area contributed by atoms with Crippen molar-refractivity contribution in [2.24, 2.45) is 0 Å². The second-order valence-corrected chi connectivity index (χ2v) is 7.22. The van der Waals surface area contributed by atoms with Gasteiger partial charge in [0.25, 0.3) is 5.91 Å². The molecular formula is C16H21FN4O2S. The van der Waals surface area contributed by atoms with E-state index in [0.717, 1.165) is 10.6 Å². The predicted octanol–water partition coefficient (Wildman–Crippen LogP) is 2.43. The first-order chi connectivity index (χ1) is 11.4. The van der Waals surface area contributed by atoms with Gasteiger partial charge in [0.1, 0.15) is 11.9 Å². The molecule has 3 rings (SSSR count). The van der Waals surface area contributed by atoms with Crippen molar-refractivity contribution < 1.29 is 13.7 Å². The van der Waals surface area contributed by atoms with Gasteiger partial charge in [-0.2, -0.15) is 0 Å². The SMILES string of the molecule is Cc1cc(C(=O)N(C)C[C@@H]2C[C@H](F)CN2Cc2scnc2C)no1. The first-order valence-electron chi connectivity index (χ1n) is 7.90. The Morgan fingerprint density at radius 3 is 2.96 bits per heavy atom. The summed E-state index contributed by atoms with van der Waals surface area (Å²) in [5.41, 5.74) is 3.09. The van der Waals surface area contributed by atoms with Crippen molar-refractivity contribution in [1.29, 1.82) is 0 Å². The molecule has 2 aromatic heterocycles. The Kier molecular flexibility index (Phi) is 4.96. The van der Waals surface area contributed by atoms with Crippen molar-refractivity contribution in [3.8, 4) is 0 Å². The molecule has 1 aliphatic heterocycles. The van der Waals surface area contributed by atoms with E-state index >= 15 is 0 Å². The summed E-state index contributed by atoms with van der Waals surface area (Å²) in [6, 6.07) is 1.60. The Morgan fingerprint density at radius 2 is 2.33 bits per heavy atom. The lowest BCUT2D eigenvalue weighted by atomic mass is 10.2. The Hall–Kier alpha value is -1.80. The fraction of sp³-hybridized carbons (Fsp3) is 0.562. The van der Waals surface area contributed by atoms with Crippen LogP contribution in [0.4, 0.5) is 4.39 Å². The fourth-order valence-corrected chi connectivity index (χ4v) is 3.83. The third kappa shape index (κ3) is 3.64. The number of rotatable bonds is 5. The van der Waals surface area contributed by atoms with Gasteiger partial charge >= 0.3 is 0 Å². The molecule has 3 heterocycles. The second kappa shape index (κ2) is 6.98. The minimum atomic E-state index is -0.860. The molecule has 0 saturated carbocycles. The van der Waals surface area contributed by atoms with E-state index in [-0.39, 0.29) is 17.6 Å². The van der Waals surface area contributed by atoms with Crippen LogP contribution in [0, 0.1) is 13.8 Å². The minimum Gasteiger partial charge on any atom is -0.361 e. The summed E-state index contributed by atoms with van der Waals surface area (Å²) in [6.45, 7) is 5.24. The lowest BCUT2D eigenvalue weighted by Crippen LogP contribution is -2.41. The Morgan fingerprint density at radius 1 is 1.54 bits per heavy atom. The van der Waals surface area contributed by atoms with Crippen molar-refractivity contribution in [1.82, 2.24) is 19.9 Å². The van der Waals surface area contributed by atoms with E-state index in [2.05, 4.69) is 15.0 Å². The van der Waals surface area contributed by atoms with Crippen LogP contribution in [0.25, 0.3) is 0 Å². The molecule has 1 fully saturated rings. The zero-order valence-corrected chi connectivity index (χ0v) is 14.8. The monoisotopic (exact) mass is 352 g/mol. The van der Waals surface area contributed by atoms with E-state index in [1.807, 2.05) is 12.4 Å². The van der Waals surface area contributed by atoms with Crippen LogP contribution < -0.4 is 0 Å². The number of hydrogen-bond donors (Lipinski definition) is 0. The lowest BCUT2D eigenvalue weighted by molar-refractivity contribution is 0.0739. The number of likely N-dealkylation sites (N-methyl/N-ethyl adjacent to an activating group) is 1. The number of aromatic nitrogens is 2. The first kappa shape index (κ1) is 17.0. The molecule has 6 nitrogen and oxygen atoms in total. The zero-order chi connectivity index (χ0) is 17.3. The van der Waals surface area contributed by atoms with Crippen LogP contribution in [0.3, 0.4) is 0 Å². The molecule has 0 bridgehead atoms. The number of carbonyl (C=O) groups excluding carboxylic acids is 1. The van der Waals surface area contributed by atoms with Crippen LogP contribution in [0.2, 0.25) is 0 Å². The summed E-state index contributed by atoms with van der Waals surface area (Å²) in [6.07, 6.45) is -0.422. The molecule has 0 aliphatic carbocycles. The van der Waals surface area contributed by atoms with Crippen LogP contribution in [0.15, 0.2) is 16.1 Å². The lowest BCUT2D eigenvalue weighted by Gasteiger charge is -2.27. The molecule has 24 heavy (non-hydrogen) atoms. The van der Waals surface area contributed by atoms with Crippen molar-refractivity contribution in [2.75, 3.05) is 20.1 Å². The molecular weight excluding hydrogens is 331 g/mol. The largest absolute Gasteiger partial charge is 0.361 e. The van der Waals surface area contributed by atoms with Gasteiger partial charge in [-0.15, -0.1) is 11.3 Å². The van der Waals surface area contributed by atoms with Gasteiger partial charge in [-0.25, -0.2) is 9.37 Å². The summed E-state index contributed by atoms with van der Waals surface area (Å²) in [7, 11) is 1.72. The number of alkyl halides is 1. The van der Waals surface area contributed by atoms with Gasteiger partial charge < -0.3 is 9.42 Å². The Bertz CT molecular complexity index is 717. The molecule has 0 N–H and O–H groups in total. The molecule has 8 heteroatoms. The third-order valence-electron chi connectivity index (χ3n) is 4.35. The van der Waals surface area contributed by atoms with E-state index in [9.17, 15) is 9.18 Å². The van der Waals surface area contributed by atoms with Gasteiger partial charge in [-0.1, -0.05) is 5.16 Å². The first-order valence-corrected chi connectivity index (χ1v) is 8.78. The van der Waals surface area contributed by atoms with Gasteiger partial charge in [0.05, 0.1) is 11.2 Å². The molecule has 1 amide bonds. The molecule has 0 spiro atoms. The van der Waals surface area contributed by atoms with E-state index in [0.29, 0.717) is 31.8 Å². The van der Waals surface area contributed by atoms with Gasteiger partial charge in [-0.3, -0.25) is 9.69 Å². The maximum atomic E-state index is 13.9. The topological polar surface area (TPSA) is 62.5 Å². The van der Waals surface area contributed by atoms with Gasteiger partial charge in [-0.05, 0) is 20.3 Å². The molecule has 1 aliphatic rings. The van der Waals surface area contributed by atoms with Crippen molar-refractivity contribution in [3.05, 3.63) is 33.6 Å². The maximum absolute atomic E-state index is 13.9. The molecule has 0 aromatic carbocycles. The summed E-state index contributed by atoms with van der Waals surface area (Å²) in [5.74, 6) is 0.391. The van der Waals surface area contributed by atoms with Crippen LogP contribution >= 0.6 is 11.3 Å². The van der Waals surface area contributed by atoms with Crippen molar-refractivity contribution in [2.45, 2.75) is 39.0 Å². The van der Waals surface area contributed by atoms with Crippen LogP contribution in [0.5, 0.6) is 0 Å². The highest BCUT2D eigenvalue weighted by Gasteiger charge is 2.34. The van der Waals surface area contributed by atoms with Gasteiger partial charge in [0.15, 0.2) is 5.69 Å². The van der Waals surface area contributed by atoms with Crippen LogP contribution in [-0.4, -0.2) is 58.2 Å². The molecule has 0 unspecified atom stereocenters. The number of aryl methyl sites for hydroxylation is 2. The standard InChI is InChI=1S/C16H21FN4O2S/c1-10-4-14(19-23-10)16(22)20(3)7-13-5-12(17)6-21(13)8-15-11(2)18-9-24-15/h4,9,12-13H,5-8H2,1-3H3/t12-,13-/m0/s1. The molecule has 0 radical (unpaired) electrons. The van der Waals surface area contributed by atoms with Gasteiger partial charge in [0, 0.05) is 43.7 Å². The van der Waals surface area contributed by atoms with E-state index in [4.69, 9.17) is 4.52 Å². The number of likely N-dealkylation sites (tertiary alicyclic amines) is 1. The van der Waals surface area contributed by atoms with Crippen molar-refractivity contribution in [3.63, 3.8) is 0 Å². The fourth-order valence-electron chi connectivity index (χ4n) is 3.03. The molecule has 130 valence electrons. The van der Waals surface area contributed by atoms with E-state index in [1.54, 1.807) is 36.3 Å². The number of thiazole rings is 1. The van der Waals surface area contributed by atoms with Crippen LogP contribution in [0.1, 0.15) is 33.2 Å². The molecule has 1 saturated heterocycles. The van der Waals surface area contributed by atoms with E-state index in [1.165, 1.54) is 0 Å². The average Bonchev–Trinajstić information content (AvgIpc) is 3.22. The summed E-state index contributed by atoms with van der Waals surface area (Å²) in [4.78, 5) is 21.5. The zero-order valence-electron chi connectivity index (χ0n) is 14.0. The molecule has 2 aromatic rings. The second-order valence-electron chi connectivity index (χ2n) is 6.29. The number of hydrogen-bond acceptors (Lipinski definition) is 6. The number of amides is 1. The number of halogens is 1.